The summed E-state index contributed by atoms with van der Waals surface area (Å²) in [5.74, 6) is 0. The van der Waals surface area contributed by atoms with Gasteiger partial charge in [-0.15, -0.1) is 0 Å². The molecular weight excluding hydrogens is 242 g/mol. The van der Waals surface area contributed by atoms with Crippen molar-refractivity contribution < 1.29 is 0 Å². The van der Waals surface area contributed by atoms with Crippen molar-refractivity contribution in [2.45, 2.75) is 13.8 Å². The molecule has 0 fully saturated rings. The minimum Gasteiger partial charge on any atom is -0.263 e. The molecule has 0 amide bonds. The Morgan fingerprint density at radius 1 is 1.36 bits per heavy atom. The van der Waals surface area contributed by atoms with Gasteiger partial charge < -0.3 is 0 Å². The summed E-state index contributed by atoms with van der Waals surface area (Å²) in [6.45, 7) is 4.02. The van der Waals surface area contributed by atoms with E-state index in [4.69, 9.17) is 0 Å². The Morgan fingerprint density at radius 3 is 2.71 bits per heavy atom. The van der Waals surface area contributed by atoms with E-state index < -0.39 is 0 Å². The van der Waals surface area contributed by atoms with Crippen molar-refractivity contribution in [3.63, 3.8) is 0 Å². The Balaban J connectivity index is 2.60. The molecule has 72 valence electrons. The number of nitrogens with zero attached hydrogens (tertiary/aromatic N) is 3. The Kier molecular flexibility index (Phi) is 2.37. The highest BCUT2D eigenvalue weighted by Crippen LogP contribution is 2.20. The normalized spacial score (nSPS) is 10.5. The van der Waals surface area contributed by atoms with Crippen LogP contribution in [-0.2, 0) is 0 Å². The number of pyridine rings is 1. The van der Waals surface area contributed by atoms with E-state index in [0.29, 0.717) is 0 Å². The van der Waals surface area contributed by atoms with Crippen LogP contribution in [0.25, 0.3) is 5.69 Å². The molecule has 0 aromatic carbocycles. The molecule has 0 saturated carbocycles. The lowest BCUT2D eigenvalue weighted by atomic mass is 10.4. The molecular formula is C10H10BrN3. The summed E-state index contributed by atoms with van der Waals surface area (Å²) in [6.07, 6.45) is 3.53. The van der Waals surface area contributed by atoms with Gasteiger partial charge in [0.05, 0.1) is 15.9 Å². The van der Waals surface area contributed by atoms with E-state index in [9.17, 15) is 0 Å². The average Bonchev–Trinajstić information content (AvgIpc) is 2.46. The van der Waals surface area contributed by atoms with Gasteiger partial charge in [-0.25, -0.2) is 4.68 Å². The van der Waals surface area contributed by atoms with Crippen LogP contribution in [-0.4, -0.2) is 14.8 Å². The van der Waals surface area contributed by atoms with Crippen molar-refractivity contribution in [3.05, 3.63) is 40.4 Å². The van der Waals surface area contributed by atoms with Crippen LogP contribution in [0.4, 0.5) is 0 Å². The molecule has 0 saturated heterocycles. The molecule has 2 aromatic rings. The van der Waals surface area contributed by atoms with Crippen LogP contribution in [0, 0.1) is 13.8 Å². The minimum absolute atomic E-state index is 0.950. The number of rotatable bonds is 1. The zero-order valence-corrected chi connectivity index (χ0v) is 9.62. The van der Waals surface area contributed by atoms with Gasteiger partial charge in [0.15, 0.2) is 0 Å². The Hall–Kier alpha value is -1.16. The first kappa shape index (κ1) is 9.40. The van der Waals surface area contributed by atoms with Crippen molar-refractivity contribution in [2.24, 2.45) is 0 Å². The molecule has 2 heterocycles. The smallest absolute Gasteiger partial charge is 0.0821 e. The van der Waals surface area contributed by atoms with Gasteiger partial charge in [-0.05, 0) is 41.9 Å². The molecule has 0 atom stereocenters. The molecule has 14 heavy (non-hydrogen) atoms. The lowest BCUT2D eigenvalue weighted by Gasteiger charge is -2.05. The topological polar surface area (TPSA) is 30.7 Å². The van der Waals surface area contributed by atoms with E-state index in [1.165, 1.54) is 0 Å². The third-order valence-corrected chi connectivity index (χ3v) is 2.60. The lowest BCUT2D eigenvalue weighted by Crippen LogP contribution is -2.00. The molecule has 0 unspecified atom stereocenters. The average molecular weight is 252 g/mol. The Labute approximate surface area is 90.9 Å². The Morgan fingerprint density at radius 2 is 2.14 bits per heavy atom. The molecule has 0 aliphatic heterocycles. The van der Waals surface area contributed by atoms with Gasteiger partial charge in [-0.1, -0.05) is 0 Å². The van der Waals surface area contributed by atoms with Gasteiger partial charge >= 0.3 is 0 Å². The first-order valence-electron chi connectivity index (χ1n) is 4.31. The van der Waals surface area contributed by atoms with Gasteiger partial charge in [0.1, 0.15) is 0 Å². The predicted molar refractivity (Wildman–Crippen MR) is 58.5 cm³/mol. The highest BCUT2D eigenvalue weighted by molar-refractivity contribution is 9.10. The molecule has 3 nitrogen and oxygen atoms in total. The van der Waals surface area contributed by atoms with Gasteiger partial charge in [-0.3, -0.25) is 4.98 Å². The van der Waals surface area contributed by atoms with E-state index in [0.717, 1.165) is 21.5 Å². The fraction of sp³-hybridized carbons (Fsp3) is 0.200. The van der Waals surface area contributed by atoms with Crippen LogP contribution in [0.2, 0.25) is 0 Å². The number of aromatic nitrogens is 3. The highest BCUT2D eigenvalue weighted by atomic mass is 79.9. The summed E-state index contributed by atoms with van der Waals surface area (Å²) < 4.78 is 2.85. The quantitative estimate of drug-likeness (QED) is 0.781. The van der Waals surface area contributed by atoms with Gasteiger partial charge in [-0.2, -0.15) is 5.10 Å². The molecule has 2 aromatic heterocycles. The van der Waals surface area contributed by atoms with Crippen molar-refractivity contribution in [3.8, 4) is 5.69 Å². The van der Waals surface area contributed by atoms with E-state index in [1.54, 1.807) is 12.4 Å². The summed E-state index contributed by atoms with van der Waals surface area (Å²) in [5.41, 5.74) is 3.16. The van der Waals surface area contributed by atoms with Crippen LogP contribution in [0.1, 0.15) is 11.4 Å². The van der Waals surface area contributed by atoms with Crippen molar-refractivity contribution in [1.82, 2.24) is 14.8 Å². The summed E-state index contributed by atoms with van der Waals surface area (Å²) in [7, 11) is 0. The van der Waals surface area contributed by atoms with Gasteiger partial charge in [0.2, 0.25) is 0 Å². The molecule has 4 heteroatoms. The predicted octanol–water partition coefficient (Wildman–Crippen LogP) is 2.65. The first-order valence-corrected chi connectivity index (χ1v) is 5.11. The van der Waals surface area contributed by atoms with Crippen molar-refractivity contribution in [1.29, 1.82) is 0 Å². The van der Waals surface area contributed by atoms with Crippen LogP contribution in [0.3, 0.4) is 0 Å². The second kappa shape index (κ2) is 3.53. The molecule has 0 aliphatic rings. The standard InChI is InChI=1S/C10H10BrN3/c1-7-5-8(2)14(13-7)10-3-4-12-6-9(10)11/h3-6H,1-2H3. The fourth-order valence-corrected chi connectivity index (χ4v) is 1.83. The van der Waals surface area contributed by atoms with Crippen molar-refractivity contribution in [2.75, 3.05) is 0 Å². The Bertz CT molecular complexity index is 462. The second-order valence-corrected chi connectivity index (χ2v) is 4.02. The van der Waals surface area contributed by atoms with Crippen LogP contribution >= 0.6 is 15.9 Å². The van der Waals surface area contributed by atoms with E-state index in [2.05, 4.69) is 26.0 Å². The van der Waals surface area contributed by atoms with Crippen LogP contribution < -0.4 is 0 Å². The summed E-state index contributed by atoms with van der Waals surface area (Å²) in [5, 5.41) is 4.40. The maximum Gasteiger partial charge on any atom is 0.0821 e. The molecule has 0 radical (unpaired) electrons. The zero-order valence-electron chi connectivity index (χ0n) is 8.03. The fourth-order valence-electron chi connectivity index (χ4n) is 1.41. The van der Waals surface area contributed by atoms with Gasteiger partial charge in [0, 0.05) is 18.1 Å². The van der Waals surface area contributed by atoms with Crippen LogP contribution in [0.15, 0.2) is 29.0 Å². The SMILES string of the molecule is Cc1cc(C)n(-c2ccncc2Br)n1. The third kappa shape index (κ3) is 1.57. The van der Waals surface area contributed by atoms with E-state index >= 15 is 0 Å². The minimum atomic E-state index is 0.950. The maximum atomic E-state index is 4.40. The molecule has 0 bridgehead atoms. The third-order valence-electron chi connectivity index (χ3n) is 1.99. The lowest BCUT2D eigenvalue weighted by molar-refractivity contribution is 0.827. The number of aryl methyl sites for hydroxylation is 2. The molecule has 2 rings (SSSR count). The van der Waals surface area contributed by atoms with Crippen molar-refractivity contribution >= 4 is 15.9 Å². The van der Waals surface area contributed by atoms with Crippen LogP contribution in [0.5, 0.6) is 0 Å². The maximum absolute atomic E-state index is 4.40. The first-order chi connectivity index (χ1) is 6.68. The highest BCUT2D eigenvalue weighted by Gasteiger charge is 2.06. The van der Waals surface area contributed by atoms with Gasteiger partial charge in [0.25, 0.3) is 0 Å². The molecule has 0 aliphatic carbocycles. The summed E-state index contributed by atoms with van der Waals surface area (Å²) in [6, 6.07) is 3.98. The monoisotopic (exact) mass is 251 g/mol. The number of hydrogen-bond acceptors (Lipinski definition) is 2. The number of halogens is 1. The summed E-state index contributed by atoms with van der Waals surface area (Å²) >= 11 is 3.45. The molecule has 0 spiro atoms. The zero-order chi connectivity index (χ0) is 10.1. The second-order valence-electron chi connectivity index (χ2n) is 3.17. The largest absolute Gasteiger partial charge is 0.263 e. The van der Waals surface area contributed by atoms with E-state index in [-0.39, 0.29) is 0 Å². The molecule has 0 N–H and O–H groups in total. The number of hydrogen-bond donors (Lipinski definition) is 0. The summed E-state index contributed by atoms with van der Waals surface area (Å²) in [4.78, 5) is 4.02. The van der Waals surface area contributed by atoms with E-state index in [1.807, 2.05) is 30.7 Å².